The second kappa shape index (κ2) is 8.24. The molecule has 0 fully saturated rings. The van der Waals surface area contributed by atoms with Gasteiger partial charge in [-0.15, -0.1) is 0 Å². The lowest BCUT2D eigenvalue weighted by atomic mass is 10.1. The molecule has 0 saturated heterocycles. The molecule has 1 atom stereocenters. The topological polar surface area (TPSA) is 94.1 Å². The van der Waals surface area contributed by atoms with Crippen LogP contribution in [-0.2, 0) is 0 Å². The number of benzene rings is 2. The minimum absolute atomic E-state index is 0.0538. The van der Waals surface area contributed by atoms with Crippen LogP contribution in [0.25, 0.3) is 0 Å². The molecule has 2 aromatic rings. The second-order valence-corrected chi connectivity index (χ2v) is 5.54. The highest BCUT2D eigenvalue weighted by Gasteiger charge is 2.18. The highest BCUT2D eigenvalue weighted by molar-refractivity contribution is 5.97. The molecule has 7 heteroatoms. The average molecular weight is 359 g/mol. The van der Waals surface area contributed by atoms with Crippen molar-refractivity contribution in [2.45, 2.75) is 13.0 Å². The molecule has 7 nitrogen and oxygen atoms in total. The number of carboxylic acids is 1. The predicted molar refractivity (Wildman–Crippen MR) is 95.4 cm³/mol. The molecule has 0 aliphatic rings. The molecule has 0 radical (unpaired) electrons. The maximum Gasteiger partial charge on any atom is 0.335 e. The predicted octanol–water partition coefficient (Wildman–Crippen LogP) is 2.90. The number of carbonyl (C=O) groups excluding carboxylic acids is 1. The summed E-state index contributed by atoms with van der Waals surface area (Å²) in [6.07, 6.45) is 0. The van der Waals surface area contributed by atoms with Crippen molar-refractivity contribution in [3.05, 3.63) is 53.1 Å². The van der Waals surface area contributed by atoms with E-state index in [2.05, 4.69) is 5.32 Å². The first kappa shape index (κ1) is 19.1. The molecule has 26 heavy (non-hydrogen) atoms. The van der Waals surface area contributed by atoms with Crippen LogP contribution < -0.4 is 19.5 Å². The van der Waals surface area contributed by atoms with Gasteiger partial charge in [-0.2, -0.15) is 0 Å². The Kier molecular flexibility index (Phi) is 6.06. The van der Waals surface area contributed by atoms with Gasteiger partial charge in [0.15, 0.2) is 11.5 Å². The number of rotatable bonds is 7. The molecule has 0 heterocycles. The van der Waals surface area contributed by atoms with Crippen LogP contribution in [-0.4, -0.2) is 38.3 Å². The van der Waals surface area contributed by atoms with Gasteiger partial charge in [-0.05, 0) is 42.8 Å². The van der Waals surface area contributed by atoms with Crippen LogP contribution in [0.1, 0.15) is 39.2 Å². The summed E-state index contributed by atoms with van der Waals surface area (Å²) in [5.41, 5.74) is 1.07. The first-order valence-electron chi connectivity index (χ1n) is 7.85. The first-order valence-corrected chi connectivity index (χ1v) is 7.85. The number of nitrogens with one attached hydrogen (secondary N) is 1. The van der Waals surface area contributed by atoms with E-state index in [0.29, 0.717) is 17.2 Å². The van der Waals surface area contributed by atoms with E-state index in [0.717, 1.165) is 5.56 Å². The van der Waals surface area contributed by atoms with Gasteiger partial charge in [0, 0.05) is 5.56 Å². The van der Waals surface area contributed by atoms with Crippen LogP contribution >= 0.6 is 0 Å². The Morgan fingerprint density at radius 2 is 1.54 bits per heavy atom. The molecule has 0 spiro atoms. The van der Waals surface area contributed by atoms with E-state index >= 15 is 0 Å². The van der Waals surface area contributed by atoms with Gasteiger partial charge in [-0.1, -0.05) is 6.07 Å². The molecular formula is C19H21NO6. The standard InChI is InChI=1S/C19H21NO6/c1-11(14-9-15(24-2)17(26-4)16(10-14)25-3)20-18(21)12-6-5-7-13(8-12)19(22)23/h5-11H,1-4H3,(H,20,21)(H,22,23). The summed E-state index contributed by atoms with van der Waals surface area (Å²) in [4.78, 5) is 23.5. The van der Waals surface area contributed by atoms with Crippen LogP contribution in [0.5, 0.6) is 17.2 Å². The number of hydrogen-bond acceptors (Lipinski definition) is 5. The number of carbonyl (C=O) groups is 2. The van der Waals surface area contributed by atoms with Gasteiger partial charge in [0.2, 0.25) is 5.75 Å². The minimum Gasteiger partial charge on any atom is -0.493 e. The summed E-state index contributed by atoms with van der Waals surface area (Å²) in [5, 5.41) is 11.9. The van der Waals surface area contributed by atoms with E-state index in [-0.39, 0.29) is 23.1 Å². The van der Waals surface area contributed by atoms with Crippen LogP contribution in [0.2, 0.25) is 0 Å². The molecule has 0 aromatic heterocycles. The Bertz CT molecular complexity index is 792. The maximum absolute atomic E-state index is 12.4. The van der Waals surface area contributed by atoms with Gasteiger partial charge in [0.1, 0.15) is 0 Å². The SMILES string of the molecule is COc1cc(C(C)NC(=O)c2cccc(C(=O)O)c2)cc(OC)c1OC. The van der Waals surface area contributed by atoms with E-state index in [9.17, 15) is 9.59 Å². The van der Waals surface area contributed by atoms with E-state index in [1.165, 1.54) is 39.5 Å². The fourth-order valence-electron chi connectivity index (χ4n) is 2.51. The monoisotopic (exact) mass is 359 g/mol. The number of methoxy groups -OCH3 is 3. The third-order valence-electron chi connectivity index (χ3n) is 3.91. The third-order valence-corrected chi connectivity index (χ3v) is 3.91. The number of hydrogen-bond donors (Lipinski definition) is 2. The molecule has 0 saturated carbocycles. The summed E-state index contributed by atoms with van der Waals surface area (Å²) in [6.45, 7) is 1.81. The van der Waals surface area contributed by atoms with E-state index in [1.54, 1.807) is 25.1 Å². The smallest absolute Gasteiger partial charge is 0.335 e. The molecule has 0 aliphatic carbocycles. The molecule has 2 rings (SSSR count). The van der Waals surface area contributed by atoms with Crippen molar-refractivity contribution >= 4 is 11.9 Å². The highest BCUT2D eigenvalue weighted by atomic mass is 16.5. The Morgan fingerprint density at radius 3 is 2.04 bits per heavy atom. The molecule has 138 valence electrons. The van der Waals surface area contributed by atoms with Crippen molar-refractivity contribution in [3.8, 4) is 17.2 Å². The molecular weight excluding hydrogens is 338 g/mol. The van der Waals surface area contributed by atoms with E-state index in [4.69, 9.17) is 19.3 Å². The van der Waals surface area contributed by atoms with Gasteiger partial charge < -0.3 is 24.6 Å². The minimum atomic E-state index is -1.09. The number of amides is 1. The zero-order chi connectivity index (χ0) is 19.3. The largest absolute Gasteiger partial charge is 0.493 e. The fourth-order valence-corrected chi connectivity index (χ4v) is 2.51. The van der Waals surface area contributed by atoms with Gasteiger partial charge in [-0.25, -0.2) is 4.79 Å². The Hall–Kier alpha value is -3.22. The average Bonchev–Trinajstić information content (AvgIpc) is 2.66. The van der Waals surface area contributed by atoms with Crippen LogP contribution in [0.4, 0.5) is 0 Å². The zero-order valence-electron chi connectivity index (χ0n) is 15.0. The van der Waals surface area contributed by atoms with Crippen molar-refractivity contribution < 1.29 is 28.9 Å². The first-order chi connectivity index (χ1) is 12.4. The second-order valence-electron chi connectivity index (χ2n) is 5.54. The lowest BCUT2D eigenvalue weighted by Crippen LogP contribution is -2.27. The van der Waals surface area contributed by atoms with Crippen LogP contribution in [0, 0.1) is 0 Å². The Morgan fingerprint density at radius 1 is 0.962 bits per heavy atom. The number of aromatic carboxylic acids is 1. The number of ether oxygens (including phenoxy) is 3. The van der Waals surface area contributed by atoms with Gasteiger partial charge >= 0.3 is 5.97 Å². The highest BCUT2D eigenvalue weighted by Crippen LogP contribution is 2.39. The van der Waals surface area contributed by atoms with Crippen molar-refractivity contribution in [1.29, 1.82) is 0 Å². The summed E-state index contributed by atoms with van der Waals surface area (Å²) in [5.74, 6) is -0.0373. The van der Waals surface area contributed by atoms with Crippen LogP contribution in [0.15, 0.2) is 36.4 Å². The molecule has 2 N–H and O–H groups in total. The molecule has 1 unspecified atom stereocenters. The summed E-state index contributed by atoms with van der Waals surface area (Å²) in [6, 6.07) is 8.98. The Labute approximate surface area is 151 Å². The van der Waals surface area contributed by atoms with Gasteiger partial charge in [-0.3, -0.25) is 4.79 Å². The summed E-state index contributed by atoms with van der Waals surface area (Å²) in [7, 11) is 4.55. The quantitative estimate of drug-likeness (QED) is 0.789. The van der Waals surface area contributed by atoms with Gasteiger partial charge in [0.25, 0.3) is 5.91 Å². The van der Waals surface area contributed by atoms with Crippen molar-refractivity contribution in [2.75, 3.05) is 21.3 Å². The molecule has 1 amide bonds. The van der Waals surface area contributed by atoms with E-state index in [1.807, 2.05) is 0 Å². The Balaban J connectivity index is 2.26. The summed E-state index contributed by atoms with van der Waals surface area (Å²) >= 11 is 0. The van der Waals surface area contributed by atoms with Gasteiger partial charge in [0.05, 0.1) is 32.9 Å². The molecule has 0 bridgehead atoms. The third kappa shape index (κ3) is 4.05. The normalized spacial score (nSPS) is 11.4. The zero-order valence-corrected chi connectivity index (χ0v) is 15.0. The molecule has 2 aromatic carbocycles. The fraction of sp³-hybridized carbons (Fsp3) is 0.263. The summed E-state index contributed by atoms with van der Waals surface area (Å²) < 4.78 is 15.9. The van der Waals surface area contributed by atoms with E-state index < -0.39 is 5.97 Å². The lowest BCUT2D eigenvalue weighted by molar-refractivity contribution is 0.0697. The maximum atomic E-state index is 12.4. The van der Waals surface area contributed by atoms with Crippen LogP contribution in [0.3, 0.4) is 0 Å². The van der Waals surface area contributed by atoms with Crippen molar-refractivity contribution in [1.82, 2.24) is 5.32 Å². The molecule has 0 aliphatic heterocycles. The van der Waals surface area contributed by atoms with Crippen molar-refractivity contribution in [2.24, 2.45) is 0 Å². The lowest BCUT2D eigenvalue weighted by Gasteiger charge is -2.19. The number of carboxylic acid groups (broad SMARTS) is 1. The van der Waals surface area contributed by atoms with Crippen molar-refractivity contribution in [3.63, 3.8) is 0 Å².